The van der Waals surface area contributed by atoms with Crippen molar-refractivity contribution in [1.82, 2.24) is 0 Å². The second-order valence-corrected chi connectivity index (χ2v) is 13.3. The van der Waals surface area contributed by atoms with E-state index >= 15 is 0 Å². The van der Waals surface area contributed by atoms with Crippen molar-refractivity contribution in [3.8, 4) is 0 Å². The Morgan fingerprint density at radius 1 is 1.00 bits per heavy atom. The number of aliphatic hydroxyl groups excluding tert-OH is 1. The summed E-state index contributed by atoms with van der Waals surface area (Å²) in [6.45, 7) is 7.55. The Morgan fingerprint density at radius 2 is 1.76 bits per heavy atom. The minimum absolute atomic E-state index is 0.0422. The molecule has 1 heterocycles. The molecule has 0 bridgehead atoms. The Labute approximate surface area is 162 Å². The molecule has 1 nitrogen and oxygen atoms in total. The number of aliphatic hydroxyl groups is 1. The van der Waals surface area contributed by atoms with E-state index in [1.54, 1.807) is 0 Å². The van der Waals surface area contributed by atoms with Gasteiger partial charge in [-0.1, -0.05) is 32.4 Å². The predicted octanol–water partition coefficient (Wildman–Crippen LogP) is 5.73. The molecule has 0 aromatic heterocycles. The van der Waals surface area contributed by atoms with Gasteiger partial charge >= 0.3 is 0 Å². The first-order valence-electron chi connectivity index (χ1n) is 10.6. The molecule has 1 saturated heterocycles. The summed E-state index contributed by atoms with van der Waals surface area (Å²) in [6.07, 6.45) is 11.8. The topological polar surface area (TPSA) is 20.2 Å². The van der Waals surface area contributed by atoms with Gasteiger partial charge in [0.15, 0.2) is 0 Å². The molecular weight excluding hydrogens is 344 g/mol. The minimum atomic E-state index is -0.0422. The van der Waals surface area contributed by atoms with E-state index in [0.717, 1.165) is 30.1 Å². The summed E-state index contributed by atoms with van der Waals surface area (Å²) in [7, 11) is 0. The van der Waals surface area contributed by atoms with Crippen LogP contribution >= 0.6 is 23.5 Å². The van der Waals surface area contributed by atoms with E-state index in [9.17, 15) is 5.11 Å². The van der Waals surface area contributed by atoms with E-state index in [-0.39, 0.29) is 11.5 Å². The summed E-state index contributed by atoms with van der Waals surface area (Å²) >= 11 is 4.44. The average molecular weight is 379 g/mol. The molecule has 1 aliphatic heterocycles. The van der Waals surface area contributed by atoms with Gasteiger partial charge in [0, 0.05) is 11.5 Å². The van der Waals surface area contributed by atoms with Crippen molar-refractivity contribution in [2.75, 3.05) is 11.5 Å². The van der Waals surface area contributed by atoms with Gasteiger partial charge in [-0.25, -0.2) is 0 Å². The highest BCUT2D eigenvalue weighted by molar-refractivity contribution is 8.21. The summed E-state index contributed by atoms with van der Waals surface area (Å²) in [6, 6.07) is 0. The molecule has 0 radical (unpaired) electrons. The molecular formula is C22H34OS2. The number of thioether (sulfide) groups is 2. The fourth-order valence-electron chi connectivity index (χ4n) is 7.77. The van der Waals surface area contributed by atoms with Crippen LogP contribution in [0.15, 0.2) is 11.6 Å². The van der Waals surface area contributed by atoms with Crippen molar-refractivity contribution >= 4 is 23.5 Å². The molecule has 5 aliphatic rings. The largest absolute Gasteiger partial charge is 0.393 e. The van der Waals surface area contributed by atoms with Crippen LogP contribution in [0.25, 0.3) is 0 Å². The first-order chi connectivity index (χ1) is 11.9. The van der Waals surface area contributed by atoms with Crippen molar-refractivity contribution < 1.29 is 5.11 Å². The minimum Gasteiger partial charge on any atom is -0.393 e. The van der Waals surface area contributed by atoms with Gasteiger partial charge in [0.05, 0.1) is 10.2 Å². The summed E-state index contributed by atoms with van der Waals surface area (Å²) < 4.78 is 0.419. The van der Waals surface area contributed by atoms with Gasteiger partial charge in [-0.3, -0.25) is 0 Å². The number of allylic oxidation sites excluding steroid dienone is 1. The number of hydrogen-bond acceptors (Lipinski definition) is 3. The molecule has 4 fully saturated rings. The average Bonchev–Trinajstić information content (AvgIpc) is 3.15. The number of rotatable bonds is 0. The van der Waals surface area contributed by atoms with E-state index < -0.39 is 0 Å². The molecule has 3 heteroatoms. The lowest BCUT2D eigenvalue weighted by atomic mass is 9.45. The summed E-state index contributed by atoms with van der Waals surface area (Å²) in [5.74, 6) is 5.91. The van der Waals surface area contributed by atoms with Crippen molar-refractivity contribution in [3.05, 3.63) is 11.6 Å². The molecule has 7 atom stereocenters. The van der Waals surface area contributed by atoms with E-state index in [1.807, 2.05) is 5.57 Å². The van der Waals surface area contributed by atoms with E-state index in [0.29, 0.717) is 9.49 Å². The number of hydrogen-bond donors (Lipinski definition) is 1. The van der Waals surface area contributed by atoms with Crippen molar-refractivity contribution in [2.45, 2.75) is 75.9 Å². The predicted molar refractivity (Wildman–Crippen MR) is 110 cm³/mol. The van der Waals surface area contributed by atoms with Crippen LogP contribution in [0.2, 0.25) is 0 Å². The normalized spacial score (nSPS) is 53.9. The molecule has 0 unspecified atom stereocenters. The van der Waals surface area contributed by atoms with E-state index in [4.69, 9.17) is 0 Å². The van der Waals surface area contributed by atoms with Crippen molar-refractivity contribution in [2.24, 2.45) is 34.5 Å². The third-order valence-corrected chi connectivity index (χ3v) is 12.6. The Bertz CT molecular complexity index is 595. The third-order valence-electron chi connectivity index (χ3n) is 9.17. The highest BCUT2D eigenvalue weighted by Crippen LogP contribution is 2.68. The van der Waals surface area contributed by atoms with Gasteiger partial charge in [0.2, 0.25) is 0 Å². The lowest BCUT2D eigenvalue weighted by Gasteiger charge is -2.60. The van der Waals surface area contributed by atoms with Crippen LogP contribution in [0.4, 0.5) is 0 Å². The second kappa shape index (κ2) is 5.70. The third kappa shape index (κ3) is 2.34. The van der Waals surface area contributed by atoms with E-state index in [1.165, 1.54) is 50.0 Å². The zero-order valence-corrected chi connectivity index (χ0v) is 17.7. The lowest BCUT2D eigenvalue weighted by Crippen LogP contribution is -2.53. The standard InChI is InChI=1S/C22H34OS2/c1-14-12-15-16-4-5-19(23)21(16,3)7-6-17(15)20(2)8-9-22(13-18(14)20)24-10-11-25-22/h13-17,19,23H,4-12H2,1-3H3/t14-,15-,16-,17-,19-,20+,21-/m0/s1. The van der Waals surface area contributed by atoms with Crippen LogP contribution in [-0.4, -0.2) is 26.8 Å². The van der Waals surface area contributed by atoms with Gasteiger partial charge in [-0.05, 0) is 79.4 Å². The zero-order valence-electron chi connectivity index (χ0n) is 16.1. The Kier molecular flexibility index (Phi) is 3.99. The van der Waals surface area contributed by atoms with Gasteiger partial charge in [-0.15, -0.1) is 23.5 Å². The molecule has 140 valence electrons. The molecule has 0 amide bonds. The maximum Gasteiger partial charge on any atom is 0.0795 e. The van der Waals surface area contributed by atoms with Crippen LogP contribution in [-0.2, 0) is 0 Å². The van der Waals surface area contributed by atoms with Crippen LogP contribution in [0.3, 0.4) is 0 Å². The van der Waals surface area contributed by atoms with E-state index in [2.05, 4.69) is 50.4 Å². The van der Waals surface area contributed by atoms with Gasteiger partial charge < -0.3 is 5.11 Å². The van der Waals surface area contributed by atoms with Gasteiger partial charge in [0.1, 0.15) is 0 Å². The van der Waals surface area contributed by atoms with Crippen LogP contribution < -0.4 is 0 Å². The fraction of sp³-hybridized carbons (Fsp3) is 0.909. The molecule has 4 aliphatic carbocycles. The highest BCUT2D eigenvalue weighted by Gasteiger charge is 2.60. The zero-order chi connectivity index (χ0) is 17.4. The molecule has 3 saturated carbocycles. The van der Waals surface area contributed by atoms with Crippen LogP contribution in [0, 0.1) is 34.5 Å². The van der Waals surface area contributed by atoms with Crippen LogP contribution in [0.5, 0.6) is 0 Å². The lowest BCUT2D eigenvalue weighted by molar-refractivity contribution is -0.0812. The summed E-state index contributed by atoms with van der Waals surface area (Å²) in [4.78, 5) is 0. The van der Waals surface area contributed by atoms with Gasteiger partial charge in [-0.2, -0.15) is 0 Å². The Balaban J connectivity index is 1.51. The van der Waals surface area contributed by atoms with Crippen molar-refractivity contribution in [1.29, 1.82) is 0 Å². The van der Waals surface area contributed by atoms with Crippen LogP contribution in [0.1, 0.15) is 65.7 Å². The van der Waals surface area contributed by atoms with Gasteiger partial charge in [0.25, 0.3) is 0 Å². The quantitative estimate of drug-likeness (QED) is 0.543. The molecule has 25 heavy (non-hydrogen) atoms. The monoisotopic (exact) mass is 378 g/mol. The molecule has 0 aromatic rings. The highest BCUT2D eigenvalue weighted by atomic mass is 32.2. The van der Waals surface area contributed by atoms with Crippen molar-refractivity contribution in [3.63, 3.8) is 0 Å². The summed E-state index contributed by atoms with van der Waals surface area (Å²) in [5, 5.41) is 10.7. The SMILES string of the molecule is C[C@H]1C[C@H]2[C@@H]3CC[C@H](O)[C@@]3(C)CC[C@@H]2[C@@]2(C)CCC3(C=C12)SCCS3. The maximum atomic E-state index is 10.7. The fourth-order valence-corrected chi connectivity index (χ4v) is 10.9. The Hall–Kier alpha value is 0.400. The second-order valence-electron chi connectivity index (χ2n) is 10.2. The first kappa shape index (κ1) is 17.5. The maximum absolute atomic E-state index is 10.7. The smallest absolute Gasteiger partial charge is 0.0795 e. The molecule has 1 N–H and O–H groups in total. The summed E-state index contributed by atoms with van der Waals surface area (Å²) in [5.41, 5.74) is 2.47. The molecule has 1 spiro atoms. The molecule has 5 rings (SSSR count). The molecule has 0 aromatic carbocycles. The Morgan fingerprint density at radius 3 is 2.52 bits per heavy atom. The number of fused-ring (bicyclic) bond motifs is 5. The first-order valence-corrected chi connectivity index (χ1v) is 12.5.